The highest BCUT2D eigenvalue weighted by Gasteiger charge is 2.28. The molecule has 0 aliphatic carbocycles. The van der Waals surface area contributed by atoms with E-state index in [1.807, 2.05) is 31.2 Å². The Labute approximate surface area is 149 Å². The summed E-state index contributed by atoms with van der Waals surface area (Å²) in [5.41, 5.74) is 2.83. The molecule has 3 rings (SSSR count). The molecule has 26 heavy (non-hydrogen) atoms. The number of amides is 2. The van der Waals surface area contributed by atoms with Crippen LogP contribution in [0.2, 0.25) is 0 Å². The Balaban J connectivity index is 1.60. The molecule has 0 radical (unpaired) electrons. The molecule has 4 nitrogen and oxygen atoms in total. The molecule has 1 N–H and O–H groups in total. The van der Waals surface area contributed by atoms with Gasteiger partial charge in [-0.15, -0.1) is 0 Å². The molecule has 1 aliphatic rings. The van der Waals surface area contributed by atoms with E-state index >= 15 is 0 Å². The number of nitrogens with zero attached hydrogens (tertiary/aromatic N) is 1. The Bertz CT molecular complexity index is 775. The third-order valence-electron chi connectivity index (χ3n) is 4.25. The zero-order valence-electron chi connectivity index (χ0n) is 14.2. The number of hydrogen-bond acceptors (Lipinski definition) is 2. The molecule has 0 aromatic heterocycles. The van der Waals surface area contributed by atoms with Crippen molar-refractivity contribution in [3.8, 4) is 5.75 Å². The number of halogens is 3. The highest BCUT2D eigenvalue weighted by Crippen LogP contribution is 2.28. The highest BCUT2D eigenvalue weighted by molar-refractivity contribution is 5.94. The lowest BCUT2D eigenvalue weighted by atomic mass is 10.1. The van der Waals surface area contributed by atoms with Crippen LogP contribution in [-0.4, -0.2) is 25.4 Å². The zero-order valence-corrected chi connectivity index (χ0v) is 14.2. The largest absolute Gasteiger partial charge is 0.484 e. The predicted molar refractivity (Wildman–Crippen MR) is 92.4 cm³/mol. The van der Waals surface area contributed by atoms with Crippen LogP contribution in [0.1, 0.15) is 24.1 Å². The van der Waals surface area contributed by atoms with Gasteiger partial charge in [-0.2, -0.15) is 13.2 Å². The number of para-hydroxylation sites is 1. The maximum Gasteiger partial charge on any atom is 0.422 e. The zero-order chi connectivity index (χ0) is 18.7. The van der Waals surface area contributed by atoms with Gasteiger partial charge in [0.15, 0.2) is 6.61 Å². The molecule has 7 heteroatoms. The minimum absolute atomic E-state index is 0.137. The van der Waals surface area contributed by atoms with Crippen LogP contribution in [0.3, 0.4) is 0 Å². The Morgan fingerprint density at radius 2 is 1.88 bits per heavy atom. The van der Waals surface area contributed by atoms with Crippen molar-refractivity contribution in [2.24, 2.45) is 0 Å². The molecule has 0 saturated heterocycles. The molecular formula is C19H19F3N2O2. The molecule has 0 fully saturated rings. The Kier molecular flexibility index (Phi) is 5.06. The molecule has 2 amide bonds. The summed E-state index contributed by atoms with van der Waals surface area (Å²) in [5.74, 6) is 0.137. The van der Waals surface area contributed by atoms with Gasteiger partial charge in [-0.3, -0.25) is 4.90 Å². The van der Waals surface area contributed by atoms with E-state index in [1.54, 1.807) is 17.0 Å². The first-order valence-corrected chi connectivity index (χ1v) is 8.29. The number of nitrogens with one attached hydrogen (secondary N) is 1. The van der Waals surface area contributed by atoms with E-state index in [2.05, 4.69) is 10.1 Å². The second-order valence-corrected chi connectivity index (χ2v) is 6.17. The molecule has 138 valence electrons. The standard InChI is InChI=1S/C19H19F3N2O2/c1-13(14-6-8-16(9-7-14)26-12-19(20,21)22)23-18(25)24-11-10-15-4-2-3-5-17(15)24/h2-9,13H,10-12H2,1H3,(H,23,25). The molecule has 1 heterocycles. The van der Waals surface area contributed by atoms with Gasteiger partial charge in [0.2, 0.25) is 0 Å². The maximum atomic E-state index is 12.5. The van der Waals surface area contributed by atoms with Crippen LogP contribution in [-0.2, 0) is 6.42 Å². The fraction of sp³-hybridized carbons (Fsp3) is 0.316. The van der Waals surface area contributed by atoms with Gasteiger partial charge in [-0.1, -0.05) is 30.3 Å². The summed E-state index contributed by atoms with van der Waals surface area (Å²) in [4.78, 5) is 14.2. The fourth-order valence-corrected chi connectivity index (χ4v) is 2.91. The number of ether oxygens (including phenoxy) is 1. The minimum atomic E-state index is -4.37. The van der Waals surface area contributed by atoms with Crippen LogP contribution in [0.5, 0.6) is 5.75 Å². The molecule has 0 saturated carbocycles. The number of carbonyl (C=O) groups is 1. The average molecular weight is 364 g/mol. The summed E-state index contributed by atoms with van der Waals surface area (Å²) in [6, 6.07) is 13.5. The van der Waals surface area contributed by atoms with Crippen LogP contribution in [0.4, 0.5) is 23.7 Å². The number of alkyl halides is 3. The van der Waals surface area contributed by atoms with Gasteiger partial charge in [-0.25, -0.2) is 4.79 Å². The molecular weight excluding hydrogens is 345 g/mol. The summed E-state index contributed by atoms with van der Waals surface area (Å²) in [6.07, 6.45) is -3.55. The fourth-order valence-electron chi connectivity index (χ4n) is 2.91. The third kappa shape index (κ3) is 4.28. The van der Waals surface area contributed by atoms with Crippen LogP contribution in [0.25, 0.3) is 0 Å². The monoisotopic (exact) mass is 364 g/mol. The topological polar surface area (TPSA) is 41.6 Å². The summed E-state index contributed by atoms with van der Waals surface area (Å²) in [7, 11) is 0. The Morgan fingerprint density at radius 3 is 2.58 bits per heavy atom. The van der Waals surface area contributed by atoms with E-state index in [4.69, 9.17) is 0 Å². The average Bonchev–Trinajstić information content (AvgIpc) is 3.04. The highest BCUT2D eigenvalue weighted by atomic mass is 19.4. The SMILES string of the molecule is CC(NC(=O)N1CCc2ccccc21)c1ccc(OCC(F)(F)F)cc1. The second kappa shape index (κ2) is 7.27. The minimum Gasteiger partial charge on any atom is -0.484 e. The van der Waals surface area contributed by atoms with E-state index in [0.717, 1.165) is 23.2 Å². The summed E-state index contributed by atoms with van der Waals surface area (Å²) in [6.45, 7) is 1.13. The first-order valence-electron chi connectivity index (χ1n) is 8.29. The van der Waals surface area contributed by atoms with Crippen LogP contribution in [0, 0.1) is 0 Å². The summed E-state index contributed by atoms with van der Waals surface area (Å²) < 4.78 is 41.2. The van der Waals surface area contributed by atoms with Crippen molar-refractivity contribution in [2.75, 3.05) is 18.1 Å². The van der Waals surface area contributed by atoms with Crippen molar-refractivity contribution < 1.29 is 22.7 Å². The summed E-state index contributed by atoms with van der Waals surface area (Å²) in [5, 5.41) is 2.92. The number of rotatable bonds is 4. The first kappa shape index (κ1) is 18.1. The smallest absolute Gasteiger partial charge is 0.422 e. The maximum absolute atomic E-state index is 12.5. The predicted octanol–water partition coefficient (Wildman–Crippen LogP) is 4.46. The lowest BCUT2D eigenvalue weighted by Crippen LogP contribution is -2.40. The Hall–Kier alpha value is -2.70. The van der Waals surface area contributed by atoms with Crippen molar-refractivity contribution in [3.05, 3.63) is 59.7 Å². The van der Waals surface area contributed by atoms with Crippen molar-refractivity contribution in [2.45, 2.75) is 25.6 Å². The molecule has 1 aliphatic heterocycles. The second-order valence-electron chi connectivity index (χ2n) is 6.17. The molecule has 0 spiro atoms. The van der Waals surface area contributed by atoms with Gasteiger partial charge < -0.3 is 10.1 Å². The van der Waals surface area contributed by atoms with Gasteiger partial charge in [0.1, 0.15) is 5.75 Å². The lowest BCUT2D eigenvalue weighted by Gasteiger charge is -2.22. The number of carbonyl (C=O) groups excluding carboxylic acids is 1. The number of benzene rings is 2. The quantitative estimate of drug-likeness (QED) is 0.870. The van der Waals surface area contributed by atoms with Crippen LogP contribution < -0.4 is 15.0 Å². The molecule has 2 aromatic carbocycles. The number of hydrogen-bond donors (Lipinski definition) is 1. The van der Waals surface area contributed by atoms with Crippen LogP contribution >= 0.6 is 0 Å². The van der Waals surface area contributed by atoms with Crippen molar-refractivity contribution in [1.82, 2.24) is 5.32 Å². The molecule has 0 bridgehead atoms. The van der Waals surface area contributed by atoms with Gasteiger partial charge >= 0.3 is 12.2 Å². The number of urea groups is 1. The first-order chi connectivity index (χ1) is 12.3. The normalized spacial score (nSPS) is 14.7. The molecule has 2 aromatic rings. The number of fused-ring (bicyclic) bond motifs is 1. The van der Waals surface area contributed by atoms with Gasteiger partial charge in [-0.05, 0) is 42.7 Å². The van der Waals surface area contributed by atoms with Crippen molar-refractivity contribution in [1.29, 1.82) is 0 Å². The Morgan fingerprint density at radius 1 is 1.19 bits per heavy atom. The lowest BCUT2D eigenvalue weighted by molar-refractivity contribution is -0.153. The van der Waals surface area contributed by atoms with E-state index in [-0.39, 0.29) is 17.8 Å². The molecule has 1 atom stereocenters. The van der Waals surface area contributed by atoms with E-state index in [1.165, 1.54) is 12.1 Å². The molecule has 1 unspecified atom stereocenters. The van der Waals surface area contributed by atoms with E-state index in [0.29, 0.717) is 6.54 Å². The number of anilines is 1. The van der Waals surface area contributed by atoms with Gasteiger partial charge in [0.05, 0.1) is 6.04 Å². The van der Waals surface area contributed by atoms with Crippen LogP contribution in [0.15, 0.2) is 48.5 Å². The van der Waals surface area contributed by atoms with E-state index < -0.39 is 12.8 Å². The third-order valence-corrected chi connectivity index (χ3v) is 4.25. The van der Waals surface area contributed by atoms with Gasteiger partial charge in [0, 0.05) is 12.2 Å². The van der Waals surface area contributed by atoms with Crippen molar-refractivity contribution in [3.63, 3.8) is 0 Å². The van der Waals surface area contributed by atoms with E-state index in [9.17, 15) is 18.0 Å². The van der Waals surface area contributed by atoms with Gasteiger partial charge in [0.25, 0.3) is 0 Å². The van der Waals surface area contributed by atoms with Crippen molar-refractivity contribution >= 4 is 11.7 Å². The summed E-state index contributed by atoms with van der Waals surface area (Å²) >= 11 is 0.